The second-order valence-corrected chi connectivity index (χ2v) is 6.12. The maximum absolute atomic E-state index is 13.7. The fourth-order valence-electron chi connectivity index (χ4n) is 2.97. The summed E-state index contributed by atoms with van der Waals surface area (Å²) in [5.74, 6) is -0.709. The van der Waals surface area contributed by atoms with Gasteiger partial charge in [-0.25, -0.2) is 8.78 Å². The van der Waals surface area contributed by atoms with Crippen LogP contribution in [0.4, 0.5) is 8.78 Å². The minimum absolute atomic E-state index is 0.0967. The van der Waals surface area contributed by atoms with E-state index in [1.807, 2.05) is 6.07 Å². The summed E-state index contributed by atoms with van der Waals surface area (Å²) < 4.78 is 26.6. The van der Waals surface area contributed by atoms with E-state index in [0.717, 1.165) is 25.9 Å². The van der Waals surface area contributed by atoms with Crippen molar-refractivity contribution >= 4 is 5.91 Å². The van der Waals surface area contributed by atoms with Crippen molar-refractivity contribution in [3.8, 4) is 0 Å². The van der Waals surface area contributed by atoms with Gasteiger partial charge in [-0.15, -0.1) is 0 Å². The van der Waals surface area contributed by atoms with Crippen LogP contribution in [0.1, 0.15) is 28.8 Å². The van der Waals surface area contributed by atoms with Gasteiger partial charge in [-0.3, -0.25) is 9.69 Å². The Hall–Kier alpha value is -2.27. The summed E-state index contributed by atoms with van der Waals surface area (Å²) in [6.07, 6.45) is 1.64. The van der Waals surface area contributed by atoms with Crippen LogP contribution < -0.4 is 5.32 Å². The van der Waals surface area contributed by atoms with Crippen molar-refractivity contribution in [1.82, 2.24) is 10.2 Å². The predicted molar refractivity (Wildman–Crippen MR) is 88.6 cm³/mol. The fourth-order valence-corrected chi connectivity index (χ4v) is 2.97. The number of piperidine rings is 1. The van der Waals surface area contributed by atoms with Crippen molar-refractivity contribution < 1.29 is 13.6 Å². The molecule has 3 nitrogen and oxygen atoms in total. The number of amides is 1. The Labute approximate surface area is 140 Å². The zero-order chi connectivity index (χ0) is 16.9. The Kier molecular flexibility index (Phi) is 5.20. The number of hydrogen-bond acceptors (Lipinski definition) is 2. The highest BCUT2D eigenvalue weighted by molar-refractivity contribution is 5.94. The molecule has 5 heteroatoms. The highest BCUT2D eigenvalue weighted by Crippen LogP contribution is 2.16. The molecule has 0 saturated carbocycles. The molecule has 1 N–H and O–H groups in total. The molecule has 0 radical (unpaired) electrons. The molecule has 0 aliphatic carbocycles. The summed E-state index contributed by atoms with van der Waals surface area (Å²) >= 11 is 0. The number of nitrogens with one attached hydrogen (secondary N) is 1. The number of carbonyl (C=O) groups excluding carboxylic acids is 1. The molecule has 3 rings (SSSR count). The van der Waals surface area contributed by atoms with Gasteiger partial charge in [-0.2, -0.15) is 0 Å². The van der Waals surface area contributed by atoms with Crippen LogP contribution in [0.5, 0.6) is 0 Å². The lowest BCUT2D eigenvalue weighted by Gasteiger charge is -2.32. The van der Waals surface area contributed by atoms with E-state index in [2.05, 4.69) is 10.2 Å². The molecule has 24 heavy (non-hydrogen) atoms. The standard InChI is InChI=1S/C19H20F2N2O/c20-16-7-5-14(6-8-16)19(24)22-17-9-11-23(12-10-17)13-15-3-1-2-4-18(15)21/h1-8,17H,9-13H2,(H,22,24). The molecule has 2 aromatic carbocycles. The molecule has 0 aromatic heterocycles. The van der Waals surface area contributed by atoms with Crippen molar-refractivity contribution in [1.29, 1.82) is 0 Å². The smallest absolute Gasteiger partial charge is 0.251 e. The topological polar surface area (TPSA) is 32.3 Å². The lowest BCUT2D eigenvalue weighted by Crippen LogP contribution is -2.44. The maximum atomic E-state index is 13.7. The number of benzene rings is 2. The van der Waals surface area contributed by atoms with E-state index in [9.17, 15) is 13.6 Å². The summed E-state index contributed by atoms with van der Waals surface area (Å²) in [4.78, 5) is 14.3. The molecule has 1 amide bonds. The van der Waals surface area contributed by atoms with Gasteiger partial charge in [0.25, 0.3) is 5.91 Å². The second-order valence-electron chi connectivity index (χ2n) is 6.12. The van der Waals surface area contributed by atoms with Crippen molar-refractivity contribution in [2.75, 3.05) is 13.1 Å². The predicted octanol–water partition coefficient (Wildman–Crippen LogP) is 3.36. The van der Waals surface area contributed by atoms with Gasteiger partial charge in [0.05, 0.1) is 0 Å². The Morgan fingerprint density at radius 1 is 1.04 bits per heavy atom. The average Bonchev–Trinajstić information content (AvgIpc) is 2.59. The summed E-state index contributed by atoms with van der Waals surface area (Å²) in [6, 6.07) is 12.4. The summed E-state index contributed by atoms with van der Waals surface area (Å²) in [5, 5.41) is 2.99. The summed E-state index contributed by atoms with van der Waals surface area (Å²) in [5.41, 5.74) is 1.16. The van der Waals surface area contributed by atoms with E-state index in [1.165, 1.54) is 30.3 Å². The second kappa shape index (κ2) is 7.53. The molecule has 126 valence electrons. The molecular weight excluding hydrogens is 310 g/mol. The van der Waals surface area contributed by atoms with Crippen LogP contribution in [0.15, 0.2) is 48.5 Å². The van der Waals surface area contributed by atoms with Crippen molar-refractivity contribution in [3.05, 3.63) is 71.3 Å². The monoisotopic (exact) mass is 330 g/mol. The number of halogens is 2. The van der Waals surface area contributed by atoms with Crippen LogP contribution in [0, 0.1) is 11.6 Å². The molecule has 0 bridgehead atoms. The Morgan fingerprint density at radius 3 is 2.38 bits per heavy atom. The number of carbonyl (C=O) groups is 1. The molecule has 1 fully saturated rings. The molecule has 1 aliphatic heterocycles. The first-order valence-corrected chi connectivity index (χ1v) is 8.14. The third-order valence-corrected chi connectivity index (χ3v) is 4.38. The van der Waals surface area contributed by atoms with Crippen LogP contribution in [0.2, 0.25) is 0 Å². The van der Waals surface area contributed by atoms with Gasteiger partial charge in [-0.05, 0) is 43.2 Å². The first-order valence-electron chi connectivity index (χ1n) is 8.14. The Balaban J connectivity index is 1.49. The lowest BCUT2D eigenvalue weighted by atomic mass is 10.0. The molecule has 1 saturated heterocycles. The van der Waals surface area contributed by atoms with Crippen LogP contribution >= 0.6 is 0 Å². The quantitative estimate of drug-likeness (QED) is 0.932. The van der Waals surface area contributed by atoms with E-state index in [0.29, 0.717) is 17.7 Å². The molecule has 1 heterocycles. The first-order chi connectivity index (χ1) is 11.6. The van der Waals surface area contributed by atoms with Crippen LogP contribution in [0.3, 0.4) is 0 Å². The van der Waals surface area contributed by atoms with E-state index in [4.69, 9.17) is 0 Å². The SMILES string of the molecule is O=C(NC1CCN(Cc2ccccc2F)CC1)c1ccc(F)cc1. The van der Waals surface area contributed by atoms with Crippen molar-refractivity contribution in [2.24, 2.45) is 0 Å². The average molecular weight is 330 g/mol. The van der Waals surface area contributed by atoms with Gasteiger partial charge in [0, 0.05) is 36.8 Å². The van der Waals surface area contributed by atoms with Gasteiger partial charge in [0.1, 0.15) is 11.6 Å². The van der Waals surface area contributed by atoms with Crippen LogP contribution in [-0.4, -0.2) is 29.9 Å². The largest absolute Gasteiger partial charge is 0.349 e. The van der Waals surface area contributed by atoms with E-state index < -0.39 is 0 Å². The van der Waals surface area contributed by atoms with Gasteiger partial charge >= 0.3 is 0 Å². The van der Waals surface area contributed by atoms with Crippen molar-refractivity contribution in [3.63, 3.8) is 0 Å². The van der Waals surface area contributed by atoms with Crippen LogP contribution in [0.25, 0.3) is 0 Å². The zero-order valence-corrected chi connectivity index (χ0v) is 13.3. The number of rotatable bonds is 4. The molecule has 1 aliphatic rings. The molecule has 0 unspecified atom stereocenters. The summed E-state index contributed by atoms with van der Waals surface area (Å²) in [7, 11) is 0. The highest BCUT2D eigenvalue weighted by atomic mass is 19.1. The third-order valence-electron chi connectivity index (χ3n) is 4.38. The molecular formula is C19H20F2N2O. The fraction of sp³-hybridized carbons (Fsp3) is 0.316. The number of nitrogens with zero attached hydrogens (tertiary/aromatic N) is 1. The maximum Gasteiger partial charge on any atom is 0.251 e. The Morgan fingerprint density at radius 2 is 1.71 bits per heavy atom. The highest BCUT2D eigenvalue weighted by Gasteiger charge is 2.21. The van der Waals surface area contributed by atoms with Gasteiger partial charge in [-0.1, -0.05) is 18.2 Å². The van der Waals surface area contributed by atoms with Crippen LogP contribution in [-0.2, 0) is 6.54 Å². The van der Waals surface area contributed by atoms with Gasteiger partial charge in [0.2, 0.25) is 0 Å². The Bertz CT molecular complexity index is 695. The van der Waals surface area contributed by atoms with Gasteiger partial charge < -0.3 is 5.32 Å². The lowest BCUT2D eigenvalue weighted by molar-refractivity contribution is 0.0908. The minimum atomic E-state index is -0.354. The van der Waals surface area contributed by atoms with Gasteiger partial charge in [0.15, 0.2) is 0 Å². The molecule has 2 aromatic rings. The zero-order valence-electron chi connectivity index (χ0n) is 13.3. The van der Waals surface area contributed by atoms with E-state index in [1.54, 1.807) is 12.1 Å². The molecule has 0 spiro atoms. The minimum Gasteiger partial charge on any atom is -0.349 e. The molecule has 0 atom stereocenters. The third kappa shape index (κ3) is 4.17. The van der Waals surface area contributed by atoms with E-state index in [-0.39, 0.29) is 23.6 Å². The number of hydrogen-bond donors (Lipinski definition) is 1. The first kappa shape index (κ1) is 16.6. The van der Waals surface area contributed by atoms with Crippen molar-refractivity contribution in [2.45, 2.75) is 25.4 Å². The number of likely N-dealkylation sites (tertiary alicyclic amines) is 1. The van der Waals surface area contributed by atoms with E-state index >= 15 is 0 Å². The normalized spacial score (nSPS) is 16.1. The summed E-state index contributed by atoms with van der Waals surface area (Å²) in [6.45, 7) is 2.21.